The molecule has 94 valence electrons. The van der Waals surface area contributed by atoms with Crippen LogP contribution < -0.4 is 5.32 Å². The highest BCUT2D eigenvalue weighted by molar-refractivity contribution is 5.27. The van der Waals surface area contributed by atoms with Crippen molar-refractivity contribution in [3.8, 4) is 0 Å². The second-order valence-electron chi connectivity index (χ2n) is 4.69. The number of nitrogens with zero attached hydrogens (tertiary/aromatic N) is 2. The van der Waals surface area contributed by atoms with Gasteiger partial charge in [-0.05, 0) is 12.6 Å². The third kappa shape index (κ3) is 2.17. The molecular weight excluding hydrogens is 226 g/mol. The maximum absolute atomic E-state index is 5.40. The third-order valence-electron chi connectivity index (χ3n) is 3.29. The van der Waals surface area contributed by atoms with E-state index < -0.39 is 0 Å². The highest BCUT2D eigenvalue weighted by Gasteiger charge is 2.26. The molecule has 2 heterocycles. The summed E-state index contributed by atoms with van der Waals surface area (Å²) in [4.78, 5) is 2.38. The van der Waals surface area contributed by atoms with Gasteiger partial charge in [0.2, 0.25) is 0 Å². The van der Waals surface area contributed by atoms with Crippen molar-refractivity contribution in [3.63, 3.8) is 0 Å². The Balaban J connectivity index is 1.69. The van der Waals surface area contributed by atoms with Gasteiger partial charge in [-0.3, -0.25) is 4.90 Å². The number of benzene rings is 1. The number of hydrogen-bond acceptors (Lipinski definition) is 4. The average Bonchev–Trinajstić information content (AvgIpc) is 2.93. The van der Waals surface area contributed by atoms with Gasteiger partial charge in [0.15, 0.2) is 5.76 Å². The van der Waals surface area contributed by atoms with Crippen LogP contribution >= 0.6 is 0 Å². The van der Waals surface area contributed by atoms with E-state index in [1.807, 2.05) is 13.1 Å². The van der Waals surface area contributed by atoms with Crippen LogP contribution in [0.25, 0.3) is 0 Å². The van der Waals surface area contributed by atoms with Crippen LogP contribution in [-0.2, 0) is 26.2 Å². The molecule has 1 N–H and O–H groups in total. The largest absolute Gasteiger partial charge is 0.359 e. The lowest BCUT2D eigenvalue weighted by atomic mass is 10.2. The first-order valence-corrected chi connectivity index (χ1v) is 6.24. The van der Waals surface area contributed by atoms with Crippen molar-refractivity contribution in [3.05, 3.63) is 52.9 Å². The Bertz CT molecular complexity index is 521. The Morgan fingerprint density at radius 3 is 2.89 bits per heavy atom. The van der Waals surface area contributed by atoms with Gasteiger partial charge in [0, 0.05) is 25.2 Å². The van der Waals surface area contributed by atoms with Crippen LogP contribution in [-0.4, -0.2) is 17.1 Å². The molecule has 0 unspecified atom stereocenters. The molecule has 0 saturated carbocycles. The molecule has 1 aromatic heterocycles. The third-order valence-corrected chi connectivity index (χ3v) is 3.29. The standard InChI is InChI=1S/C14H17N3O/c1-15-7-13-12-9-17(10-14(12)18-16-13)8-11-5-3-2-4-6-11/h2-6,15H,7-10H2,1H3. The Morgan fingerprint density at radius 1 is 1.28 bits per heavy atom. The van der Waals surface area contributed by atoms with Crippen molar-refractivity contribution in [1.29, 1.82) is 0 Å². The maximum Gasteiger partial charge on any atom is 0.155 e. The molecule has 0 aliphatic carbocycles. The Hall–Kier alpha value is -1.65. The number of fused-ring (bicyclic) bond motifs is 1. The first kappa shape index (κ1) is 11.4. The molecule has 2 aromatic rings. The minimum atomic E-state index is 0.776. The van der Waals surface area contributed by atoms with Crippen molar-refractivity contribution in [1.82, 2.24) is 15.4 Å². The van der Waals surface area contributed by atoms with Crippen LogP contribution in [0.5, 0.6) is 0 Å². The van der Waals surface area contributed by atoms with E-state index in [1.165, 1.54) is 11.1 Å². The molecule has 0 saturated heterocycles. The summed E-state index contributed by atoms with van der Waals surface area (Å²) in [6.07, 6.45) is 0. The van der Waals surface area contributed by atoms with Crippen LogP contribution in [0.1, 0.15) is 22.6 Å². The van der Waals surface area contributed by atoms with E-state index in [2.05, 4.69) is 39.6 Å². The van der Waals surface area contributed by atoms with Gasteiger partial charge in [-0.1, -0.05) is 35.5 Å². The zero-order valence-electron chi connectivity index (χ0n) is 10.5. The van der Waals surface area contributed by atoms with Crippen molar-refractivity contribution >= 4 is 0 Å². The van der Waals surface area contributed by atoms with E-state index >= 15 is 0 Å². The molecule has 0 radical (unpaired) electrons. The minimum Gasteiger partial charge on any atom is -0.359 e. The fraction of sp³-hybridized carbons (Fsp3) is 0.357. The fourth-order valence-electron chi connectivity index (χ4n) is 2.43. The zero-order valence-corrected chi connectivity index (χ0v) is 10.5. The van der Waals surface area contributed by atoms with Gasteiger partial charge < -0.3 is 9.84 Å². The second-order valence-corrected chi connectivity index (χ2v) is 4.69. The molecule has 18 heavy (non-hydrogen) atoms. The average molecular weight is 243 g/mol. The van der Waals surface area contributed by atoms with Gasteiger partial charge in [-0.15, -0.1) is 0 Å². The molecule has 4 nitrogen and oxygen atoms in total. The van der Waals surface area contributed by atoms with Gasteiger partial charge in [0.1, 0.15) is 5.69 Å². The van der Waals surface area contributed by atoms with Crippen LogP contribution in [0.4, 0.5) is 0 Å². The lowest BCUT2D eigenvalue weighted by Gasteiger charge is -2.14. The van der Waals surface area contributed by atoms with E-state index in [9.17, 15) is 0 Å². The first-order valence-electron chi connectivity index (χ1n) is 6.24. The maximum atomic E-state index is 5.40. The van der Waals surface area contributed by atoms with E-state index in [-0.39, 0.29) is 0 Å². The highest BCUT2D eigenvalue weighted by atomic mass is 16.5. The predicted molar refractivity (Wildman–Crippen MR) is 68.7 cm³/mol. The number of nitrogens with one attached hydrogen (secondary N) is 1. The molecule has 0 bridgehead atoms. The van der Waals surface area contributed by atoms with E-state index in [1.54, 1.807) is 0 Å². The van der Waals surface area contributed by atoms with Crippen LogP contribution in [0.3, 0.4) is 0 Å². The molecular formula is C14H17N3O. The van der Waals surface area contributed by atoms with Crippen molar-refractivity contribution in [2.24, 2.45) is 0 Å². The molecule has 1 aliphatic rings. The highest BCUT2D eigenvalue weighted by Crippen LogP contribution is 2.26. The molecule has 3 rings (SSSR count). The summed E-state index contributed by atoms with van der Waals surface area (Å²) in [6.45, 7) is 3.54. The van der Waals surface area contributed by atoms with Gasteiger partial charge in [0.05, 0.1) is 6.54 Å². The lowest BCUT2D eigenvalue weighted by Crippen LogP contribution is -2.17. The topological polar surface area (TPSA) is 41.3 Å². The van der Waals surface area contributed by atoms with Gasteiger partial charge in [-0.2, -0.15) is 0 Å². The van der Waals surface area contributed by atoms with E-state index in [0.717, 1.165) is 37.6 Å². The molecule has 0 atom stereocenters. The summed E-state index contributed by atoms with van der Waals surface area (Å²) in [7, 11) is 1.93. The molecule has 0 amide bonds. The van der Waals surface area contributed by atoms with Crippen molar-refractivity contribution in [2.75, 3.05) is 7.05 Å². The SMILES string of the molecule is CNCc1noc2c1CN(Cc1ccccc1)C2. The molecule has 1 aliphatic heterocycles. The number of rotatable bonds is 4. The number of hydrogen-bond donors (Lipinski definition) is 1. The monoisotopic (exact) mass is 243 g/mol. The Morgan fingerprint density at radius 2 is 2.11 bits per heavy atom. The predicted octanol–water partition coefficient (Wildman–Crippen LogP) is 1.91. The first-order chi connectivity index (χ1) is 8.86. The minimum absolute atomic E-state index is 0.776. The quantitative estimate of drug-likeness (QED) is 0.890. The summed E-state index contributed by atoms with van der Waals surface area (Å²) in [5.41, 5.74) is 3.65. The molecule has 0 fully saturated rings. The Kier molecular flexibility index (Phi) is 3.13. The van der Waals surface area contributed by atoms with Gasteiger partial charge in [-0.25, -0.2) is 0 Å². The van der Waals surface area contributed by atoms with E-state index in [4.69, 9.17) is 4.52 Å². The second kappa shape index (κ2) is 4.92. The fourth-order valence-corrected chi connectivity index (χ4v) is 2.43. The summed E-state index contributed by atoms with van der Waals surface area (Å²) in [5.74, 6) is 1.02. The normalized spacial score (nSPS) is 14.9. The summed E-state index contributed by atoms with van der Waals surface area (Å²) in [6, 6.07) is 10.5. The zero-order chi connectivity index (χ0) is 12.4. The van der Waals surface area contributed by atoms with Crippen molar-refractivity contribution in [2.45, 2.75) is 26.2 Å². The van der Waals surface area contributed by atoms with Crippen molar-refractivity contribution < 1.29 is 4.52 Å². The number of aromatic nitrogens is 1. The summed E-state index contributed by atoms with van der Waals surface area (Å²) >= 11 is 0. The van der Waals surface area contributed by atoms with Crippen LogP contribution in [0.15, 0.2) is 34.9 Å². The molecule has 4 heteroatoms. The smallest absolute Gasteiger partial charge is 0.155 e. The van der Waals surface area contributed by atoms with Crippen LogP contribution in [0.2, 0.25) is 0 Å². The Labute approximate surface area is 107 Å². The van der Waals surface area contributed by atoms with E-state index in [0.29, 0.717) is 0 Å². The van der Waals surface area contributed by atoms with Gasteiger partial charge >= 0.3 is 0 Å². The molecule has 0 spiro atoms. The van der Waals surface area contributed by atoms with Gasteiger partial charge in [0.25, 0.3) is 0 Å². The lowest BCUT2D eigenvalue weighted by molar-refractivity contribution is 0.243. The summed E-state index contributed by atoms with van der Waals surface area (Å²) in [5, 5.41) is 7.23. The molecule has 1 aromatic carbocycles. The summed E-state index contributed by atoms with van der Waals surface area (Å²) < 4.78 is 5.40. The van der Waals surface area contributed by atoms with Crippen LogP contribution in [0, 0.1) is 0 Å².